The second kappa shape index (κ2) is 9.66. The summed E-state index contributed by atoms with van der Waals surface area (Å²) < 4.78 is 53.5. The van der Waals surface area contributed by atoms with Crippen molar-refractivity contribution in [3.63, 3.8) is 0 Å². The number of benzene rings is 2. The molecule has 0 saturated carbocycles. The van der Waals surface area contributed by atoms with E-state index in [0.717, 1.165) is 6.07 Å². The second-order valence-corrected chi connectivity index (χ2v) is 7.63. The molecule has 1 aliphatic heterocycles. The third-order valence-corrected chi connectivity index (χ3v) is 5.25. The lowest BCUT2D eigenvalue weighted by Crippen LogP contribution is -2.48. The molecule has 0 aliphatic carbocycles. The van der Waals surface area contributed by atoms with Gasteiger partial charge in [0.25, 0.3) is 5.91 Å². The molecular weight excluding hydrogens is 451 g/mol. The lowest BCUT2D eigenvalue weighted by Gasteiger charge is -2.28. The summed E-state index contributed by atoms with van der Waals surface area (Å²) in [6, 6.07) is 7.98. The van der Waals surface area contributed by atoms with E-state index >= 15 is 0 Å². The van der Waals surface area contributed by atoms with E-state index in [1.54, 1.807) is 6.07 Å². The summed E-state index contributed by atoms with van der Waals surface area (Å²) >= 11 is 5.62. The highest BCUT2D eigenvalue weighted by molar-refractivity contribution is 6.30. The Bertz CT molecular complexity index is 1100. The van der Waals surface area contributed by atoms with Crippen molar-refractivity contribution in [3.05, 3.63) is 53.1 Å². The number of nitrogens with zero attached hydrogens (tertiary/aromatic N) is 1. The Balaban J connectivity index is 1.27. The number of alkyl halides is 2. The van der Waals surface area contributed by atoms with E-state index < -0.39 is 12.4 Å². The van der Waals surface area contributed by atoms with Gasteiger partial charge in [0.2, 0.25) is 5.89 Å². The molecule has 0 bridgehead atoms. The van der Waals surface area contributed by atoms with Crippen LogP contribution < -0.4 is 20.1 Å². The molecule has 2 heterocycles. The molecule has 7 nitrogen and oxygen atoms in total. The SMILES string of the molecule is O=C(COc1ccc(Cl)c(F)c1)N[C@H]1CC[C@H](c2nc3ccc(OC(F)F)cc3o2)NC1. The summed E-state index contributed by atoms with van der Waals surface area (Å²) in [6.45, 7) is -2.70. The molecule has 1 amide bonds. The van der Waals surface area contributed by atoms with E-state index in [0.29, 0.717) is 36.4 Å². The van der Waals surface area contributed by atoms with Gasteiger partial charge in [-0.3, -0.25) is 4.79 Å². The number of ether oxygens (including phenoxy) is 2. The van der Waals surface area contributed by atoms with Gasteiger partial charge in [-0.1, -0.05) is 11.6 Å². The van der Waals surface area contributed by atoms with Crippen LogP contribution in [0.5, 0.6) is 11.5 Å². The van der Waals surface area contributed by atoms with Crippen molar-refractivity contribution in [2.75, 3.05) is 13.2 Å². The van der Waals surface area contributed by atoms with Crippen LogP contribution in [0.1, 0.15) is 24.8 Å². The molecule has 0 spiro atoms. The van der Waals surface area contributed by atoms with Gasteiger partial charge >= 0.3 is 6.61 Å². The topological polar surface area (TPSA) is 85.6 Å². The molecule has 2 N–H and O–H groups in total. The lowest BCUT2D eigenvalue weighted by atomic mass is 10.0. The molecule has 1 aromatic heterocycles. The molecule has 170 valence electrons. The van der Waals surface area contributed by atoms with Crippen LogP contribution >= 0.6 is 11.6 Å². The largest absolute Gasteiger partial charge is 0.484 e. The first-order valence-electron chi connectivity index (χ1n) is 9.83. The van der Waals surface area contributed by atoms with Crippen LogP contribution in [0, 0.1) is 5.82 Å². The Hall–Kier alpha value is -2.98. The highest BCUT2D eigenvalue weighted by atomic mass is 35.5. The number of carbonyl (C=O) groups is 1. The second-order valence-electron chi connectivity index (χ2n) is 7.23. The first-order valence-corrected chi connectivity index (χ1v) is 10.2. The highest BCUT2D eigenvalue weighted by Gasteiger charge is 2.26. The minimum atomic E-state index is -2.92. The number of aromatic nitrogens is 1. The highest BCUT2D eigenvalue weighted by Crippen LogP contribution is 2.28. The average molecular weight is 470 g/mol. The number of amides is 1. The maximum absolute atomic E-state index is 13.4. The van der Waals surface area contributed by atoms with E-state index in [2.05, 4.69) is 20.4 Å². The molecule has 2 aromatic carbocycles. The van der Waals surface area contributed by atoms with E-state index in [1.165, 1.54) is 24.3 Å². The van der Waals surface area contributed by atoms with Gasteiger partial charge in [0.15, 0.2) is 12.2 Å². The molecule has 3 aromatic rings. The maximum atomic E-state index is 13.4. The number of rotatable bonds is 7. The van der Waals surface area contributed by atoms with Crippen molar-refractivity contribution < 1.29 is 31.9 Å². The monoisotopic (exact) mass is 469 g/mol. The molecule has 0 radical (unpaired) electrons. The van der Waals surface area contributed by atoms with Gasteiger partial charge in [0, 0.05) is 24.7 Å². The lowest BCUT2D eigenvalue weighted by molar-refractivity contribution is -0.124. The minimum Gasteiger partial charge on any atom is -0.484 e. The Morgan fingerprint density at radius 3 is 2.78 bits per heavy atom. The van der Waals surface area contributed by atoms with Gasteiger partial charge in [-0.25, -0.2) is 9.37 Å². The number of nitrogens with one attached hydrogen (secondary N) is 2. The molecule has 4 rings (SSSR count). The molecule has 1 saturated heterocycles. The number of halogens is 4. The molecular formula is C21H19ClF3N3O4. The predicted molar refractivity (Wildman–Crippen MR) is 109 cm³/mol. The number of hydrogen-bond acceptors (Lipinski definition) is 6. The molecule has 1 aliphatic rings. The predicted octanol–water partition coefficient (Wildman–Crippen LogP) is 4.21. The quantitative estimate of drug-likeness (QED) is 0.539. The first kappa shape index (κ1) is 22.2. The molecule has 32 heavy (non-hydrogen) atoms. The summed E-state index contributed by atoms with van der Waals surface area (Å²) in [5.41, 5.74) is 0.890. The van der Waals surface area contributed by atoms with Crippen molar-refractivity contribution in [1.82, 2.24) is 15.6 Å². The molecule has 0 unspecified atom stereocenters. The number of oxazole rings is 1. The number of carbonyl (C=O) groups excluding carboxylic acids is 1. The normalized spacial score (nSPS) is 18.7. The van der Waals surface area contributed by atoms with Crippen molar-refractivity contribution in [3.8, 4) is 11.5 Å². The van der Waals surface area contributed by atoms with E-state index in [4.69, 9.17) is 20.8 Å². The summed E-state index contributed by atoms with van der Waals surface area (Å²) in [5.74, 6) is -0.310. The van der Waals surface area contributed by atoms with Crippen LogP contribution in [0.25, 0.3) is 11.1 Å². The Morgan fingerprint density at radius 1 is 1.25 bits per heavy atom. The fraction of sp³-hybridized carbons (Fsp3) is 0.333. The van der Waals surface area contributed by atoms with Crippen LogP contribution in [-0.2, 0) is 4.79 Å². The standard InChI is InChI=1S/C21H19ClF3N3O4/c22-14-4-2-12(7-15(14)23)30-10-19(29)27-11-1-5-17(26-9-11)20-28-16-6-3-13(31-21(24)25)8-18(16)32-20/h2-4,6-8,11,17,21,26H,1,5,9-10H2,(H,27,29)/t11-,17+/m0/s1. The first-order chi connectivity index (χ1) is 15.4. The van der Waals surface area contributed by atoms with E-state index in [1.807, 2.05) is 0 Å². The van der Waals surface area contributed by atoms with Gasteiger partial charge in [-0.15, -0.1) is 0 Å². The number of piperidine rings is 1. The zero-order valence-electron chi connectivity index (χ0n) is 16.6. The van der Waals surface area contributed by atoms with Crippen molar-refractivity contribution >= 4 is 28.6 Å². The van der Waals surface area contributed by atoms with Gasteiger partial charge < -0.3 is 24.5 Å². The molecule has 1 fully saturated rings. The summed E-state index contributed by atoms with van der Waals surface area (Å²) in [4.78, 5) is 16.5. The fourth-order valence-electron chi connectivity index (χ4n) is 3.42. The summed E-state index contributed by atoms with van der Waals surface area (Å²) in [6.07, 6.45) is 1.30. The van der Waals surface area contributed by atoms with Crippen LogP contribution in [-0.4, -0.2) is 36.7 Å². The minimum absolute atomic E-state index is 0.00172. The van der Waals surface area contributed by atoms with Crippen molar-refractivity contribution in [2.24, 2.45) is 0 Å². The van der Waals surface area contributed by atoms with Crippen LogP contribution in [0.15, 0.2) is 40.8 Å². The van der Waals surface area contributed by atoms with E-state index in [-0.39, 0.29) is 41.1 Å². The van der Waals surface area contributed by atoms with Gasteiger partial charge in [0.05, 0.1) is 11.1 Å². The summed E-state index contributed by atoms with van der Waals surface area (Å²) in [5, 5.41) is 6.09. The van der Waals surface area contributed by atoms with Crippen LogP contribution in [0.2, 0.25) is 5.02 Å². The molecule has 11 heteroatoms. The zero-order valence-corrected chi connectivity index (χ0v) is 17.4. The Labute approximate surface area is 185 Å². The van der Waals surface area contributed by atoms with Crippen molar-refractivity contribution in [2.45, 2.75) is 31.5 Å². The van der Waals surface area contributed by atoms with Gasteiger partial charge in [0.1, 0.15) is 22.8 Å². The van der Waals surface area contributed by atoms with E-state index in [9.17, 15) is 18.0 Å². The third-order valence-electron chi connectivity index (χ3n) is 4.94. The van der Waals surface area contributed by atoms with Crippen molar-refractivity contribution in [1.29, 1.82) is 0 Å². The van der Waals surface area contributed by atoms with Gasteiger partial charge in [-0.05, 0) is 37.1 Å². The number of hydrogen-bond donors (Lipinski definition) is 2. The molecule has 2 atom stereocenters. The average Bonchev–Trinajstić information content (AvgIpc) is 3.18. The maximum Gasteiger partial charge on any atom is 0.387 e. The Morgan fingerprint density at radius 2 is 2.06 bits per heavy atom. The summed E-state index contributed by atoms with van der Waals surface area (Å²) in [7, 11) is 0. The smallest absolute Gasteiger partial charge is 0.387 e. The third kappa shape index (κ3) is 5.43. The van der Waals surface area contributed by atoms with Crippen LogP contribution in [0.3, 0.4) is 0 Å². The zero-order chi connectivity index (χ0) is 22.7. The van der Waals surface area contributed by atoms with Gasteiger partial charge in [-0.2, -0.15) is 8.78 Å². The van der Waals surface area contributed by atoms with Crippen LogP contribution in [0.4, 0.5) is 13.2 Å². The Kier molecular flexibility index (Phi) is 6.71. The number of fused-ring (bicyclic) bond motifs is 1. The fourth-order valence-corrected chi connectivity index (χ4v) is 3.54.